The molecule has 3 rings (SSSR count). The molecule has 1 aliphatic rings. The van der Waals surface area contributed by atoms with Crippen molar-refractivity contribution in [2.24, 2.45) is 0 Å². The van der Waals surface area contributed by atoms with Crippen molar-refractivity contribution < 1.29 is 0 Å². The lowest BCUT2D eigenvalue weighted by atomic mass is 10.1. The van der Waals surface area contributed by atoms with E-state index in [1.165, 1.54) is 29.1 Å². The highest BCUT2D eigenvalue weighted by atomic mass is 32.1. The average Bonchev–Trinajstić information content (AvgIpc) is 3.16. The van der Waals surface area contributed by atoms with Crippen LogP contribution in [-0.2, 0) is 0 Å². The summed E-state index contributed by atoms with van der Waals surface area (Å²) in [6.45, 7) is 2.06. The number of thiazole rings is 1. The molecule has 0 saturated heterocycles. The quantitative estimate of drug-likeness (QED) is 0.914. The number of aryl methyl sites for hydroxylation is 1. The Morgan fingerprint density at radius 3 is 2.45 bits per heavy atom. The summed E-state index contributed by atoms with van der Waals surface area (Å²) in [5.74, 6) is 0. The molecule has 1 aromatic heterocycles. The van der Waals surface area contributed by atoms with Crippen LogP contribution in [0, 0.1) is 6.92 Å². The molecule has 1 unspecified atom stereocenters. The standard InChI is InChI=1S/C16H21N3S/c1-11-10-20-16(17-11)15(18-13-6-7-13)12-4-8-14(9-5-12)19(2)3/h4-5,8-10,13,15,18H,6-7H2,1-3H3. The van der Waals surface area contributed by atoms with E-state index in [2.05, 4.69) is 65.9 Å². The van der Waals surface area contributed by atoms with Crippen LogP contribution in [0.5, 0.6) is 0 Å². The lowest BCUT2D eigenvalue weighted by Crippen LogP contribution is -2.24. The lowest BCUT2D eigenvalue weighted by molar-refractivity contribution is 0.597. The molecule has 20 heavy (non-hydrogen) atoms. The molecule has 1 aliphatic carbocycles. The van der Waals surface area contributed by atoms with Crippen LogP contribution in [0.4, 0.5) is 5.69 Å². The molecule has 1 atom stereocenters. The van der Waals surface area contributed by atoms with E-state index in [1.807, 2.05) is 0 Å². The predicted molar refractivity (Wildman–Crippen MR) is 85.6 cm³/mol. The summed E-state index contributed by atoms with van der Waals surface area (Å²) in [5.41, 5.74) is 3.64. The maximum absolute atomic E-state index is 4.67. The SMILES string of the molecule is Cc1csc(C(NC2CC2)c2ccc(N(C)C)cc2)n1. The van der Waals surface area contributed by atoms with Gasteiger partial charge in [-0.25, -0.2) is 4.98 Å². The number of benzene rings is 1. The Balaban J connectivity index is 1.87. The van der Waals surface area contributed by atoms with Crippen molar-refractivity contribution in [3.8, 4) is 0 Å². The first-order valence-corrected chi connectivity index (χ1v) is 7.97. The molecule has 1 heterocycles. The number of hydrogen-bond donors (Lipinski definition) is 1. The largest absolute Gasteiger partial charge is 0.378 e. The Kier molecular flexibility index (Phi) is 3.76. The molecule has 0 radical (unpaired) electrons. The summed E-state index contributed by atoms with van der Waals surface area (Å²) in [7, 11) is 4.14. The zero-order valence-electron chi connectivity index (χ0n) is 12.3. The first kappa shape index (κ1) is 13.6. The van der Waals surface area contributed by atoms with E-state index in [0.29, 0.717) is 6.04 Å². The fraction of sp³-hybridized carbons (Fsp3) is 0.438. The van der Waals surface area contributed by atoms with Crippen molar-refractivity contribution >= 4 is 17.0 Å². The van der Waals surface area contributed by atoms with E-state index in [1.54, 1.807) is 11.3 Å². The van der Waals surface area contributed by atoms with Crippen LogP contribution in [0.3, 0.4) is 0 Å². The van der Waals surface area contributed by atoms with Gasteiger partial charge in [0.05, 0.1) is 6.04 Å². The molecule has 1 N–H and O–H groups in total. The van der Waals surface area contributed by atoms with E-state index < -0.39 is 0 Å². The molecule has 4 heteroatoms. The third-order valence-corrected chi connectivity index (χ3v) is 4.63. The van der Waals surface area contributed by atoms with Gasteiger partial charge >= 0.3 is 0 Å². The zero-order valence-corrected chi connectivity index (χ0v) is 13.1. The molecule has 1 fully saturated rings. The molecular formula is C16H21N3S. The second-order valence-corrected chi connectivity index (χ2v) is 6.58. The fourth-order valence-corrected chi connectivity index (χ4v) is 3.15. The second kappa shape index (κ2) is 5.54. The summed E-state index contributed by atoms with van der Waals surface area (Å²) in [6, 6.07) is 9.68. The van der Waals surface area contributed by atoms with Crippen molar-refractivity contribution in [1.29, 1.82) is 0 Å². The number of anilines is 1. The highest BCUT2D eigenvalue weighted by molar-refractivity contribution is 7.09. The van der Waals surface area contributed by atoms with Crippen molar-refractivity contribution in [3.05, 3.63) is 45.9 Å². The summed E-state index contributed by atoms with van der Waals surface area (Å²) < 4.78 is 0. The topological polar surface area (TPSA) is 28.2 Å². The first-order valence-electron chi connectivity index (χ1n) is 7.09. The predicted octanol–water partition coefficient (Wildman–Crippen LogP) is 3.36. The minimum absolute atomic E-state index is 0.234. The molecule has 0 amide bonds. The zero-order chi connectivity index (χ0) is 14.1. The molecule has 1 saturated carbocycles. The molecular weight excluding hydrogens is 266 g/mol. The number of nitrogens with zero attached hydrogens (tertiary/aromatic N) is 2. The van der Waals surface area contributed by atoms with Crippen LogP contribution in [0.15, 0.2) is 29.6 Å². The van der Waals surface area contributed by atoms with E-state index in [0.717, 1.165) is 5.69 Å². The summed E-state index contributed by atoms with van der Waals surface area (Å²) in [6.07, 6.45) is 2.58. The third kappa shape index (κ3) is 3.02. The minimum atomic E-state index is 0.234. The number of rotatable bonds is 5. The molecule has 2 aromatic rings. The van der Waals surface area contributed by atoms with Gasteiger partial charge in [0.2, 0.25) is 0 Å². The molecule has 0 spiro atoms. The van der Waals surface area contributed by atoms with Crippen LogP contribution >= 0.6 is 11.3 Å². The average molecular weight is 287 g/mol. The van der Waals surface area contributed by atoms with Crippen molar-refractivity contribution in [3.63, 3.8) is 0 Å². The highest BCUT2D eigenvalue weighted by Gasteiger charge is 2.27. The maximum atomic E-state index is 4.67. The van der Waals surface area contributed by atoms with Gasteiger partial charge in [-0.05, 0) is 37.5 Å². The van der Waals surface area contributed by atoms with Gasteiger partial charge < -0.3 is 10.2 Å². The van der Waals surface area contributed by atoms with E-state index >= 15 is 0 Å². The Labute approximate surface area is 124 Å². The van der Waals surface area contributed by atoms with Gasteiger partial charge in [0.1, 0.15) is 5.01 Å². The third-order valence-electron chi connectivity index (χ3n) is 3.61. The van der Waals surface area contributed by atoms with Crippen molar-refractivity contribution in [1.82, 2.24) is 10.3 Å². The van der Waals surface area contributed by atoms with Crippen LogP contribution < -0.4 is 10.2 Å². The molecule has 1 aromatic carbocycles. The van der Waals surface area contributed by atoms with Gasteiger partial charge in [-0.2, -0.15) is 0 Å². The normalized spacial score (nSPS) is 16.1. The summed E-state index contributed by atoms with van der Waals surface area (Å²) in [5, 5.41) is 7.02. The van der Waals surface area contributed by atoms with Gasteiger partial charge in [0.25, 0.3) is 0 Å². The Hall–Kier alpha value is -1.39. The van der Waals surface area contributed by atoms with Crippen LogP contribution in [0.1, 0.15) is 35.1 Å². The van der Waals surface area contributed by atoms with Gasteiger partial charge in [-0.3, -0.25) is 0 Å². The van der Waals surface area contributed by atoms with E-state index in [4.69, 9.17) is 0 Å². The van der Waals surface area contributed by atoms with E-state index in [-0.39, 0.29) is 6.04 Å². The smallest absolute Gasteiger partial charge is 0.114 e. The summed E-state index contributed by atoms with van der Waals surface area (Å²) >= 11 is 1.75. The second-order valence-electron chi connectivity index (χ2n) is 5.69. The Morgan fingerprint density at radius 1 is 1.25 bits per heavy atom. The van der Waals surface area contributed by atoms with Gasteiger partial charge in [0, 0.05) is 36.9 Å². The van der Waals surface area contributed by atoms with Crippen LogP contribution in [-0.4, -0.2) is 25.1 Å². The van der Waals surface area contributed by atoms with Crippen molar-refractivity contribution in [2.75, 3.05) is 19.0 Å². The maximum Gasteiger partial charge on any atom is 0.114 e. The molecule has 0 aliphatic heterocycles. The first-order chi connectivity index (χ1) is 9.63. The fourth-order valence-electron chi connectivity index (χ4n) is 2.27. The van der Waals surface area contributed by atoms with Crippen LogP contribution in [0.2, 0.25) is 0 Å². The lowest BCUT2D eigenvalue weighted by Gasteiger charge is -2.18. The number of nitrogens with one attached hydrogen (secondary N) is 1. The van der Waals surface area contributed by atoms with Gasteiger partial charge in [-0.15, -0.1) is 11.3 Å². The minimum Gasteiger partial charge on any atom is -0.378 e. The van der Waals surface area contributed by atoms with Crippen LogP contribution in [0.25, 0.3) is 0 Å². The Bertz CT molecular complexity index is 570. The molecule has 3 nitrogen and oxygen atoms in total. The summed E-state index contributed by atoms with van der Waals surface area (Å²) in [4.78, 5) is 6.80. The number of aromatic nitrogens is 1. The van der Waals surface area contributed by atoms with E-state index in [9.17, 15) is 0 Å². The molecule has 0 bridgehead atoms. The number of hydrogen-bond acceptors (Lipinski definition) is 4. The van der Waals surface area contributed by atoms with Gasteiger partial charge in [0.15, 0.2) is 0 Å². The van der Waals surface area contributed by atoms with Gasteiger partial charge in [-0.1, -0.05) is 12.1 Å². The monoisotopic (exact) mass is 287 g/mol. The Morgan fingerprint density at radius 2 is 1.95 bits per heavy atom. The molecule has 106 valence electrons. The highest BCUT2D eigenvalue weighted by Crippen LogP contribution is 2.31. The van der Waals surface area contributed by atoms with Crippen molar-refractivity contribution in [2.45, 2.75) is 31.8 Å².